The molecular formula is C9H17IN2. The van der Waals surface area contributed by atoms with E-state index in [1.165, 1.54) is 32.5 Å². The number of rotatable bonds is 0. The fourth-order valence-electron chi connectivity index (χ4n) is 2.40. The Morgan fingerprint density at radius 3 is 2.17 bits per heavy atom. The zero-order valence-electron chi connectivity index (χ0n) is 7.86. The quantitative estimate of drug-likeness (QED) is 0.537. The van der Waals surface area contributed by atoms with Crippen LogP contribution in [0.2, 0.25) is 0 Å². The highest BCUT2D eigenvalue weighted by Crippen LogP contribution is 2.47. The molecule has 0 bridgehead atoms. The smallest absolute Gasteiger partial charge is 0.0201 e. The van der Waals surface area contributed by atoms with Crippen molar-refractivity contribution in [1.29, 1.82) is 0 Å². The van der Waals surface area contributed by atoms with Crippen LogP contribution in [0.1, 0.15) is 26.7 Å². The Morgan fingerprint density at radius 1 is 1.25 bits per heavy atom. The molecule has 2 heterocycles. The number of hydrogen-bond donors (Lipinski definition) is 1. The Balaban J connectivity index is 2.04. The number of nitrogens with one attached hydrogen (secondary N) is 1. The maximum atomic E-state index is 3.54. The van der Waals surface area contributed by atoms with Crippen LogP contribution in [0.4, 0.5) is 0 Å². The van der Waals surface area contributed by atoms with E-state index in [0.29, 0.717) is 11.0 Å². The molecule has 0 amide bonds. The van der Waals surface area contributed by atoms with Crippen molar-refractivity contribution in [1.82, 2.24) is 8.43 Å². The Morgan fingerprint density at radius 2 is 1.83 bits per heavy atom. The molecule has 0 atom stereocenters. The standard InChI is InChI=1S/C9H17IN2/c1-8(2)9(7-11-8)3-5-12(10)6-4-9/h11H,3-7H2,1-2H3. The lowest BCUT2D eigenvalue weighted by Crippen LogP contribution is -2.71. The first-order valence-corrected chi connectivity index (χ1v) is 5.68. The van der Waals surface area contributed by atoms with Gasteiger partial charge in [-0.2, -0.15) is 0 Å². The number of piperidine rings is 1. The van der Waals surface area contributed by atoms with Crippen molar-refractivity contribution in [2.75, 3.05) is 19.6 Å². The van der Waals surface area contributed by atoms with Crippen molar-refractivity contribution in [2.45, 2.75) is 32.2 Å². The van der Waals surface area contributed by atoms with Crippen LogP contribution >= 0.6 is 22.9 Å². The summed E-state index contributed by atoms with van der Waals surface area (Å²) in [4.78, 5) is 0. The average Bonchev–Trinajstić information content (AvgIpc) is 2.04. The molecule has 2 rings (SSSR count). The Kier molecular flexibility index (Phi) is 2.16. The van der Waals surface area contributed by atoms with Crippen LogP contribution in [0.5, 0.6) is 0 Å². The van der Waals surface area contributed by atoms with E-state index < -0.39 is 0 Å². The van der Waals surface area contributed by atoms with E-state index in [2.05, 4.69) is 45.1 Å². The largest absolute Gasteiger partial charge is 0.311 e. The second-order valence-electron chi connectivity index (χ2n) is 4.67. The van der Waals surface area contributed by atoms with Gasteiger partial charge in [0.15, 0.2) is 0 Å². The summed E-state index contributed by atoms with van der Waals surface area (Å²) < 4.78 is 2.41. The topological polar surface area (TPSA) is 15.3 Å². The third kappa shape index (κ3) is 1.21. The fraction of sp³-hybridized carbons (Fsp3) is 1.00. The van der Waals surface area contributed by atoms with E-state index in [4.69, 9.17) is 0 Å². The molecule has 0 radical (unpaired) electrons. The van der Waals surface area contributed by atoms with Gasteiger partial charge in [0, 0.05) is 53.5 Å². The van der Waals surface area contributed by atoms with Crippen molar-refractivity contribution >= 4 is 22.9 Å². The van der Waals surface area contributed by atoms with Crippen LogP contribution in [-0.2, 0) is 0 Å². The number of nitrogens with zero attached hydrogens (tertiary/aromatic N) is 1. The minimum atomic E-state index is 0.394. The summed E-state index contributed by atoms with van der Waals surface area (Å²) in [6, 6.07) is 0. The molecule has 0 aromatic heterocycles. The summed E-state index contributed by atoms with van der Waals surface area (Å²) >= 11 is 2.44. The summed E-state index contributed by atoms with van der Waals surface area (Å²) in [6.45, 7) is 8.47. The molecule has 2 nitrogen and oxygen atoms in total. The molecule has 1 N–H and O–H groups in total. The van der Waals surface area contributed by atoms with Crippen LogP contribution < -0.4 is 5.32 Å². The summed E-state index contributed by atoms with van der Waals surface area (Å²) in [5.74, 6) is 0. The van der Waals surface area contributed by atoms with Crippen molar-refractivity contribution in [3.05, 3.63) is 0 Å². The van der Waals surface area contributed by atoms with Gasteiger partial charge in [-0.05, 0) is 26.7 Å². The van der Waals surface area contributed by atoms with Gasteiger partial charge in [0.25, 0.3) is 0 Å². The molecule has 0 aromatic carbocycles. The molecule has 2 aliphatic heterocycles. The predicted molar refractivity (Wildman–Crippen MR) is 59.3 cm³/mol. The van der Waals surface area contributed by atoms with Crippen LogP contribution in [0, 0.1) is 5.41 Å². The van der Waals surface area contributed by atoms with Gasteiger partial charge < -0.3 is 5.32 Å². The van der Waals surface area contributed by atoms with Crippen LogP contribution in [0.15, 0.2) is 0 Å². The molecule has 0 unspecified atom stereocenters. The summed E-state index contributed by atoms with van der Waals surface area (Å²) in [7, 11) is 0. The lowest BCUT2D eigenvalue weighted by atomic mass is 9.60. The highest BCUT2D eigenvalue weighted by molar-refractivity contribution is 14.1. The first-order valence-electron chi connectivity index (χ1n) is 4.72. The van der Waals surface area contributed by atoms with Gasteiger partial charge in [0.2, 0.25) is 0 Å². The maximum absolute atomic E-state index is 3.54. The van der Waals surface area contributed by atoms with Crippen molar-refractivity contribution in [3.63, 3.8) is 0 Å². The third-order valence-corrected chi connectivity index (χ3v) is 4.83. The van der Waals surface area contributed by atoms with E-state index >= 15 is 0 Å². The predicted octanol–water partition coefficient (Wildman–Crippen LogP) is 1.80. The molecule has 0 saturated carbocycles. The van der Waals surface area contributed by atoms with Gasteiger partial charge in [0.1, 0.15) is 0 Å². The van der Waals surface area contributed by atoms with E-state index in [0.717, 1.165) is 0 Å². The van der Waals surface area contributed by atoms with E-state index in [1.54, 1.807) is 0 Å². The molecule has 1 spiro atoms. The van der Waals surface area contributed by atoms with Crippen molar-refractivity contribution in [2.24, 2.45) is 5.41 Å². The van der Waals surface area contributed by atoms with Gasteiger partial charge in [-0.15, -0.1) is 0 Å². The zero-order chi connectivity index (χ0) is 8.82. The molecule has 2 fully saturated rings. The average molecular weight is 280 g/mol. The zero-order valence-corrected chi connectivity index (χ0v) is 10.0. The lowest BCUT2D eigenvalue weighted by molar-refractivity contribution is -0.0283. The van der Waals surface area contributed by atoms with Gasteiger partial charge in [0.05, 0.1) is 0 Å². The first kappa shape index (κ1) is 9.21. The third-order valence-electron chi connectivity index (χ3n) is 3.86. The van der Waals surface area contributed by atoms with Crippen LogP contribution in [0.3, 0.4) is 0 Å². The van der Waals surface area contributed by atoms with Gasteiger partial charge in [-0.3, -0.25) is 0 Å². The van der Waals surface area contributed by atoms with E-state index in [9.17, 15) is 0 Å². The minimum absolute atomic E-state index is 0.394. The van der Waals surface area contributed by atoms with Crippen LogP contribution in [0.25, 0.3) is 0 Å². The molecule has 0 aromatic rings. The highest BCUT2D eigenvalue weighted by Gasteiger charge is 2.53. The number of halogens is 1. The molecule has 12 heavy (non-hydrogen) atoms. The molecule has 3 heteroatoms. The summed E-state index contributed by atoms with van der Waals surface area (Å²) in [6.07, 6.45) is 2.74. The van der Waals surface area contributed by atoms with Gasteiger partial charge in [-0.25, -0.2) is 3.11 Å². The Bertz CT molecular complexity index is 183. The van der Waals surface area contributed by atoms with Crippen LogP contribution in [-0.4, -0.2) is 28.3 Å². The molecular weight excluding hydrogens is 263 g/mol. The monoisotopic (exact) mass is 280 g/mol. The lowest BCUT2D eigenvalue weighted by Gasteiger charge is -2.60. The summed E-state index contributed by atoms with van der Waals surface area (Å²) in [5, 5.41) is 3.54. The fourth-order valence-corrected chi connectivity index (χ4v) is 2.88. The number of hydrogen-bond acceptors (Lipinski definition) is 2. The van der Waals surface area contributed by atoms with Crippen molar-refractivity contribution < 1.29 is 0 Å². The van der Waals surface area contributed by atoms with Gasteiger partial charge >= 0.3 is 0 Å². The first-order chi connectivity index (χ1) is 5.56. The maximum Gasteiger partial charge on any atom is 0.0201 e. The Hall–Kier alpha value is 0.650. The van der Waals surface area contributed by atoms with E-state index in [1.807, 2.05) is 0 Å². The Labute approximate surface area is 88.6 Å². The summed E-state index contributed by atoms with van der Waals surface area (Å²) in [5.41, 5.74) is 1.01. The normalized spacial score (nSPS) is 33.2. The molecule has 2 aliphatic rings. The molecule has 70 valence electrons. The minimum Gasteiger partial charge on any atom is -0.311 e. The van der Waals surface area contributed by atoms with E-state index in [-0.39, 0.29) is 0 Å². The molecule has 0 aliphatic carbocycles. The second-order valence-corrected chi connectivity index (χ2v) is 6.03. The van der Waals surface area contributed by atoms with Gasteiger partial charge in [-0.1, -0.05) is 0 Å². The SMILES string of the molecule is CC1(C)NCC12CCN(I)CC2. The van der Waals surface area contributed by atoms with Crippen molar-refractivity contribution in [3.8, 4) is 0 Å². The molecule has 2 saturated heterocycles. The second kappa shape index (κ2) is 2.82. The highest BCUT2D eigenvalue weighted by atomic mass is 127.